The molecule has 1 aromatic rings. The first-order valence-corrected chi connectivity index (χ1v) is 7.57. The Balaban J connectivity index is 3.01. The van der Waals surface area contributed by atoms with E-state index >= 15 is 0 Å². The number of rotatable bonds is 5. The van der Waals surface area contributed by atoms with E-state index in [2.05, 4.69) is 20.7 Å². The van der Waals surface area contributed by atoms with Crippen LogP contribution in [0, 0.1) is 6.92 Å². The maximum absolute atomic E-state index is 12.0. The van der Waals surface area contributed by atoms with E-state index in [0.717, 1.165) is 10.0 Å². The molecule has 17 heavy (non-hydrogen) atoms. The van der Waals surface area contributed by atoms with E-state index in [-0.39, 0.29) is 11.5 Å². The van der Waals surface area contributed by atoms with Crippen molar-refractivity contribution < 1.29 is 13.5 Å². The van der Waals surface area contributed by atoms with Crippen LogP contribution >= 0.6 is 15.9 Å². The summed E-state index contributed by atoms with van der Waals surface area (Å²) in [4.78, 5) is 0.213. The quantitative estimate of drug-likeness (QED) is 0.869. The zero-order valence-corrected chi connectivity index (χ0v) is 12.2. The van der Waals surface area contributed by atoms with Crippen molar-refractivity contribution in [2.24, 2.45) is 0 Å². The van der Waals surface area contributed by atoms with Gasteiger partial charge >= 0.3 is 0 Å². The molecule has 0 radical (unpaired) electrons. The molecular formula is C11H16BrNO3S. The first-order chi connectivity index (χ1) is 7.90. The van der Waals surface area contributed by atoms with Crippen molar-refractivity contribution >= 4 is 26.0 Å². The predicted molar refractivity (Wildman–Crippen MR) is 70.4 cm³/mol. The molecule has 0 saturated carbocycles. The van der Waals surface area contributed by atoms with Gasteiger partial charge in [-0.1, -0.05) is 22.9 Å². The second kappa shape index (κ2) is 5.95. The molecule has 2 N–H and O–H groups in total. The summed E-state index contributed by atoms with van der Waals surface area (Å²) < 4.78 is 27.3. The van der Waals surface area contributed by atoms with Gasteiger partial charge in [-0.2, -0.15) is 0 Å². The summed E-state index contributed by atoms with van der Waals surface area (Å²) in [5.41, 5.74) is 0.852. The van der Waals surface area contributed by atoms with E-state index in [0.29, 0.717) is 6.42 Å². The van der Waals surface area contributed by atoms with Crippen LogP contribution in [0.15, 0.2) is 27.6 Å². The second-order valence-electron chi connectivity index (χ2n) is 3.82. The van der Waals surface area contributed by atoms with Gasteiger partial charge in [0.2, 0.25) is 10.0 Å². The highest BCUT2D eigenvalue weighted by Crippen LogP contribution is 2.20. The van der Waals surface area contributed by atoms with Crippen molar-refractivity contribution in [2.75, 3.05) is 6.61 Å². The Hall–Kier alpha value is -0.430. The van der Waals surface area contributed by atoms with Crippen molar-refractivity contribution in [2.45, 2.75) is 31.2 Å². The van der Waals surface area contributed by atoms with Crippen molar-refractivity contribution in [3.63, 3.8) is 0 Å². The molecule has 1 unspecified atom stereocenters. The molecule has 4 nitrogen and oxygen atoms in total. The number of halogens is 1. The number of benzene rings is 1. The van der Waals surface area contributed by atoms with Crippen molar-refractivity contribution in [3.05, 3.63) is 28.2 Å². The summed E-state index contributed by atoms with van der Waals surface area (Å²) in [7, 11) is -3.55. The third-order valence-electron chi connectivity index (χ3n) is 2.47. The fraction of sp³-hybridized carbons (Fsp3) is 0.455. The number of hydrogen-bond donors (Lipinski definition) is 2. The lowest BCUT2D eigenvalue weighted by Crippen LogP contribution is -2.36. The average Bonchev–Trinajstić information content (AvgIpc) is 2.29. The van der Waals surface area contributed by atoms with Crippen LogP contribution in [0.3, 0.4) is 0 Å². The first kappa shape index (κ1) is 14.6. The molecule has 1 atom stereocenters. The van der Waals surface area contributed by atoms with Crippen LogP contribution in [0.5, 0.6) is 0 Å². The minimum absolute atomic E-state index is 0.203. The SMILES string of the molecule is CCC(CO)NS(=O)(=O)c1ccc(Br)c(C)c1. The average molecular weight is 322 g/mol. The summed E-state index contributed by atoms with van der Waals surface area (Å²) in [6.45, 7) is 3.44. The van der Waals surface area contributed by atoms with Gasteiger partial charge in [0.1, 0.15) is 0 Å². The molecule has 0 amide bonds. The van der Waals surface area contributed by atoms with Crippen LogP contribution in [0.2, 0.25) is 0 Å². The van der Waals surface area contributed by atoms with Gasteiger partial charge in [-0.3, -0.25) is 0 Å². The molecule has 1 rings (SSSR count). The topological polar surface area (TPSA) is 66.4 Å². The minimum atomic E-state index is -3.55. The number of sulfonamides is 1. The lowest BCUT2D eigenvalue weighted by Gasteiger charge is -2.14. The predicted octanol–water partition coefficient (Wildman–Crippen LogP) is 1.81. The van der Waals surface area contributed by atoms with Gasteiger partial charge in [0.05, 0.1) is 11.5 Å². The van der Waals surface area contributed by atoms with E-state index in [9.17, 15) is 8.42 Å². The van der Waals surface area contributed by atoms with Crippen molar-refractivity contribution in [1.82, 2.24) is 4.72 Å². The molecule has 1 aromatic carbocycles. The smallest absolute Gasteiger partial charge is 0.240 e. The Morgan fingerprint density at radius 3 is 2.59 bits per heavy atom. The third-order valence-corrected chi connectivity index (χ3v) is 4.88. The fourth-order valence-electron chi connectivity index (χ4n) is 1.32. The first-order valence-electron chi connectivity index (χ1n) is 5.30. The second-order valence-corrected chi connectivity index (χ2v) is 6.39. The van der Waals surface area contributed by atoms with E-state index in [4.69, 9.17) is 5.11 Å². The summed E-state index contributed by atoms with van der Waals surface area (Å²) in [6, 6.07) is 4.38. The molecule has 0 heterocycles. The highest BCUT2D eigenvalue weighted by molar-refractivity contribution is 9.10. The van der Waals surface area contributed by atoms with Crippen LogP contribution < -0.4 is 4.72 Å². The van der Waals surface area contributed by atoms with E-state index in [1.807, 2.05) is 13.8 Å². The normalized spacial score (nSPS) is 13.6. The lowest BCUT2D eigenvalue weighted by molar-refractivity contribution is 0.254. The lowest BCUT2D eigenvalue weighted by atomic mass is 10.2. The Morgan fingerprint density at radius 1 is 1.47 bits per heavy atom. The molecule has 96 valence electrons. The molecule has 0 spiro atoms. The summed E-state index contributed by atoms with van der Waals surface area (Å²) >= 11 is 3.32. The van der Waals surface area contributed by atoms with Crippen LogP contribution in [-0.4, -0.2) is 26.2 Å². The van der Waals surface area contributed by atoms with Gasteiger partial charge in [0, 0.05) is 10.5 Å². The molecule has 0 aliphatic heterocycles. The molecule has 0 aromatic heterocycles. The Bertz CT molecular complexity index is 483. The maximum Gasteiger partial charge on any atom is 0.240 e. The van der Waals surface area contributed by atoms with Crippen LogP contribution in [0.1, 0.15) is 18.9 Å². The zero-order chi connectivity index (χ0) is 13.1. The standard InChI is InChI=1S/C11H16BrNO3S/c1-3-9(7-14)13-17(15,16)10-4-5-11(12)8(2)6-10/h4-6,9,13-14H,3,7H2,1-2H3. The van der Waals surface area contributed by atoms with E-state index < -0.39 is 16.1 Å². The van der Waals surface area contributed by atoms with E-state index in [1.165, 1.54) is 6.07 Å². The monoisotopic (exact) mass is 321 g/mol. The summed E-state index contributed by atoms with van der Waals surface area (Å²) in [5.74, 6) is 0. The summed E-state index contributed by atoms with van der Waals surface area (Å²) in [5, 5.41) is 9.00. The van der Waals surface area contributed by atoms with Crippen LogP contribution in [0.25, 0.3) is 0 Å². The molecule has 0 fully saturated rings. The van der Waals surface area contributed by atoms with Gasteiger partial charge in [-0.15, -0.1) is 0 Å². The van der Waals surface area contributed by atoms with Gasteiger partial charge in [0.15, 0.2) is 0 Å². The largest absolute Gasteiger partial charge is 0.395 e. The van der Waals surface area contributed by atoms with Crippen LogP contribution in [-0.2, 0) is 10.0 Å². The molecule has 0 saturated heterocycles. The zero-order valence-electron chi connectivity index (χ0n) is 9.77. The molecule has 0 aliphatic rings. The number of hydrogen-bond acceptors (Lipinski definition) is 3. The number of aryl methyl sites for hydroxylation is 1. The van der Waals surface area contributed by atoms with Crippen LogP contribution in [0.4, 0.5) is 0 Å². The highest BCUT2D eigenvalue weighted by Gasteiger charge is 2.18. The third kappa shape index (κ3) is 3.77. The Labute approximate surface area is 110 Å². The van der Waals surface area contributed by atoms with Crippen molar-refractivity contribution in [1.29, 1.82) is 0 Å². The van der Waals surface area contributed by atoms with Gasteiger partial charge in [-0.25, -0.2) is 13.1 Å². The number of aliphatic hydroxyl groups excluding tert-OH is 1. The Morgan fingerprint density at radius 2 is 2.12 bits per heavy atom. The molecule has 6 heteroatoms. The number of nitrogens with one attached hydrogen (secondary N) is 1. The minimum Gasteiger partial charge on any atom is -0.395 e. The maximum atomic E-state index is 12.0. The molecule has 0 aliphatic carbocycles. The fourth-order valence-corrected chi connectivity index (χ4v) is 2.96. The van der Waals surface area contributed by atoms with Gasteiger partial charge in [0.25, 0.3) is 0 Å². The number of aliphatic hydroxyl groups is 1. The highest BCUT2D eigenvalue weighted by atomic mass is 79.9. The van der Waals surface area contributed by atoms with Gasteiger partial charge in [-0.05, 0) is 37.1 Å². The summed E-state index contributed by atoms with van der Waals surface area (Å²) in [6.07, 6.45) is 0.547. The van der Waals surface area contributed by atoms with E-state index in [1.54, 1.807) is 12.1 Å². The Kier molecular flexibility index (Phi) is 5.12. The molecular weight excluding hydrogens is 306 g/mol. The van der Waals surface area contributed by atoms with Crippen molar-refractivity contribution in [3.8, 4) is 0 Å². The van der Waals surface area contributed by atoms with Gasteiger partial charge < -0.3 is 5.11 Å². The molecule has 0 bridgehead atoms.